The van der Waals surface area contributed by atoms with E-state index in [0.29, 0.717) is 22.7 Å². The molecule has 25 heavy (non-hydrogen) atoms. The third-order valence-corrected chi connectivity index (χ3v) is 3.50. The summed E-state index contributed by atoms with van der Waals surface area (Å²) in [6.45, 7) is -0.291. The first-order valence-corrected chi connectivity index (χ1v) is 7.49. The van der Waals surface area contributed by atoms with Gasteiger partial charge in [0.25, 0.3) is 5.91 Å². The van der Waals surface area contributed by atoms with Crippen LogP contribution in [0.3, 0.4) is 0 Å². The first-order valence-electron chi connectivity index (χ1n) is 7.49. The zero-order chi connectivity index (χ0) is 17.6. The second-order valence-corrected chi connectivity index (χ2v) is 5.18. The number of anilines is 1. The molecule has 0 unspecified atom stereocenters. The van der Waals surface area contributed by atoms with Crippen LogP contribution in [0, 0.1) is 11.3 Å². The van der Waals surface area contributed by atoms with Gasteiger partial charge in [-0.15, -0.1) is 0 Å². The van der Waals surface area contributed by atoms with Gasteiger partial charge in [0.15, 0.2) is 18.1 Å². The summed E-state index contributed by atoms with van der Waals surface area (Å²) in [7, 11) is 0. The quantitative estimate of drug-likeness (QED) is 0.840. The lowest BCUT2D eigenvalue weighted by atomic mass is 10.1. The van der Waals surface area contributed by atoms with Crippen molar-refractivity contribution in [2.75, 3.05) is 18.7 Å². The normalized spacial score (nSPS) is 11.5. The number of nitrogens with one attached hydrogen (secondary N) is 1. The highest BCUT2D eigenvalue weighted by Crippen LogP contribution is 2.34. The van der Waals surface area contributed by atoms with E-state index in [1.165, 1.54) is 0 Å². The van der Waals surface area contributed by atoms with Crippen LogP contribution in [0.2, 0.25) is 0 Å². The van der Waals surface area contributed by atoms with Crippen LogP contribution in [0.1, 0.15) is 15.9 Å². The van der Waals surface area contributed by atoms with Gasteiger partial charge < -0.3 is 19.5 Å². The molecule has 3 rings (SSSR count). The van der Waals surface area contributed by atoms with Crippen molar-refractivity contribution in [1.29, 1.82) is 5.26 Å². The second kappa shape index (κ2) is 7.36. The lowest BCUT2D eigenvalue weighted by Crippen LogP contribution is -2.21. The number of nitriles is 1. The molecule has 2 aromatic rings. The Kier molecular flexibility index (Phi) is 4.81. The highest BCUT2D eigenvalue weighted by atomic mass is 16.7. The zero-order valence-corrected chi connectivity index (χ0v) is 13.2. The van der Waals surface area contributed by atoms with Gasteiger partial charge in [0.1, 0.15) is 0 Å². The molecule has 0 fully saturated rings. The monoisotopic (exact) mass is 338 g/mol. The molecule has 0 radical (unpaired) electrons. The van der Waals surface area contributed by atoms with Gasteiger partial charge in [-0.1, -0.05) is 18.2 Å². The Morgan fingerprint density at radius 2 is 1.96 bits per heavy atom. The highest BCUT2D eigenvalue weighted by Gasteiger charge is 2.16. The molecule has 1 amide bonds. The minimum absolute atomic E-state index is 0.0919. The van der Waals surface area contributed by atoms with Crippen LogP contribution in [0.25, 0.3) is 0 Å². The standard InChI is InChI=1S/C18H14N2O5/c19-8-7-12-3-1-2-4-14(12)18(22)23-10-17(21)20-13-5-6-15-16(9-13)25-11-24-15/h1-6,9H,7,10-11H2,(H,20,21). The Morgan fingerprint density at radius 1 is 1.16 bits per heavy atom. The number of ether oxygens (including phenoxy) is 3. The van der Waals surface area contributed by atoms with E-state index in [1.807, 2.05) is 6.07 Å². The number of fused-ring (bicyclic) bond motifs is 1. The van der Waals surface area contributed by atoms with Gasteiger partial charge in [0, 0.05) is 11.8 Å². The van der Waals surface area contributed by atoms with Crippen molar-refractivity contribution in [3.05, 3.63) is 53.6 Å². The number of benzene rings is 2. The van der Waals surface area contributed by atoms with Crippen molar-refractivity contribution in [3.8, 4) is 17.6 Å². The third-order valence-electron chi connectivity index (χ3n) is 3.50. The van der Waals surface area contributed by atoms with Gasteiger partial charge >= 0.3 is 5.97 Å². The molecule has 0 saturated carbocycles. The number of rotatable bonds is 5. The summed E-state index contributed by atoms with van der Waals surface area (Å²) in [6.07, 6.45) is 0.0919. The van der Waals surface area contributed by atoms with Crippen molar-refractivity contribution >= 4 is 17.6 Å². The van der Waals surface area contributed by atoms with E-state index in [2.05, 4.69) is 5.32 Å². The summed E-state index contributed by atoms with van der Waals surface area (Å²) in [5.41, 5.74) is 1.35. The SMILES string of the molecule is N#CCc1ccccc1C(=O)OCC(=O)Nc1ccc2c(c1)OCO2. The number of hydrogen-bond donors (Lipinski definition) is 1. The molecule has 1 aliphatic rings. The summed E-state index contributed by atoms with van der Waals surface area (Å²) in [5.74, 6) is 0.0235. The summed E-state index contributed by atoms with van der Waals surface area (Å²) in [6, 6.07) is 13.6. The predicted molar refractivity (Wildman–Crippen MR) is 87.2 cm³/mol. The van der Waals surface area contributed by atoms with Gasteiger partial charge in [-0.3, -0.25) is 4.79 Å². The summed E-state index contributed by atoms with van der Waals surface area (Å²) < 4.78 is 15.4. The molecule has 1 N–H and O–H groups in total. The van der Waals surface area contributed by atoms with E-state index in [4.69, 9.17) is 19.5 Å². The molecule has 0 atom stereocenters. The van der Waals surface area contributed by atoms with Crippen LogP contribution in [-0.2, 0) is 16.0 Å². The molecule has 2 aromatic carbocycles. The van der Waals surface area contributed by atoms with Crippen molar-refractivity contribution in [2.24, 2.45) is 0 Å². The Morgan fingerprint density at radius 3 is 2.80 bits per heavy atom. The number of carbonyl (C=O) groups is 2. The van der Waals surface area contributed by atoms with Crippen LogP contribution >= 0.6 is 0 Å². The van der Waals surface area contributed by atoms with Gasteiger partial charge in [-0.25, -0.2) is 4.79 Å². The Labute approximate surface area is 143 Å². The fourth-order valence-electron chi connectivity index (χ4n) is 2.34. The van der Waals surface area contributed by atoms with E-state index < -0.39 is 18.5 Å². The van der Waals surface area contributed by atoms with Gasteiger partial charge in [0.2, 0.25) is 6.79 Å². The minimum Gasteiger partial charge on any atom is -0.454 e. The fourth-order valence-corrected chi connectivity index (χ4v) is 2.34. The molecule has 0 aliphatic carbocycles. The molecule has 1 aliphatic heterocycles. The van der Waals surface area contributed by atoms with E-state index in [0.717, 1.165) is 0 Å². The smallest absolute Gasteiger partial charge is 0.338 e. The van der Waals surface area contributed by atoms with Gasteiger partial charge in [-0.05, 0) is 23.8 Å². The number of esters is 1. The molecule has 0 spiro atoms. The molecule has 126 valence electrons. The van der Waals surface area contributed by atoms with E-state index in [-0.39, 0.29) is 18.8 Å². The fraction of sp³-hybridized carbons (Fsp3) is 0.167. The average molecular weight is 338 g/mol. The summed E-state index contributed by atoms with van der Waals surface area (Å²) in [5, 5.41) is 11.4. The van der Waals surface area contributed by atoms with E-state index in [1.54, 1.807) is 42.5 Å². The van der Waals surface area contributed by atoms with Crippen LogP contribution in [0.4, 0.5) is 5.69 Å². The molecule has 0 bridgehead atoms. The van der Waals surface area contributed by atoms with Gasteiger partial charge in [-0.2, -0.15) is 5.26 Å². The van der Waals surface area contributed by atoms with Crippen molar-refractivity contribution in [1.82, 2.24) is 0 Å². The predicted octanol–water partition coefficient (Wildman–Crippen LogP) is 2.28. The minimum atomic E-state index is -0.647. The molecule has 7 heteroatoms. The topological polar surface area (TPSA) is 97.7 Å². The molecule has 7 nitrogen and oxygen atoms in total. The Balaban J connectivity index is 1.57. The molecular formula is C18H14N2O5. The van der Waals surface area contributed by atoms with Crippen LogP contribution in [0.15, 0.2) is 42.5 Å². The molecule has 0 aromatic heterocycles. The molecule has 0 saturated heterocycles. The third kappa shape index (κ3) is 3.87. The van der Waals surface area contributed by atoms with Crippen LogP contribution < -0.4 is 14.8 Å². The maximum atomic E-state index is 12.1. The molecule has 1 heterocycles. The molecular weight excluding hydrogens is 324 g/mol. The lowest BCUT2D eigenvalue weighted by Gasteiger charge is -2.09. The van der Waals surface area contributed by atoms with E-state index in [9.17, 15) is 9.59 Å². The van der Waals surface area contributed by atoms with Crippen molar-refractivity contribution in [3.63, 3.8) is 0 Å². The lowest BCUT2D eigenvalue weighted by molar-refractivity contribution is -0.119. The second-order valence-electron chi connectivity index (χ2n) is 5.18. The van der Waals surface area contributed by atoms with Crippen molar-refractivity contribution < 1.29 is 23.8 Å². The Bertz CT molecular complexity index is 857. The first-order chi connectivity index (χ1) is 12.2. The highest BCUT2D eigenvalue weighted by molar-refractivity contribution is 5.96. The largest absolute Gasteiger partial charge is 0.454 e. The number of carbonyl (C=O) groups excluding carboxylic acids is 2. The number of amides is 1. The number of hydrogen-bond acceptors (Lipinski definition) is 6. The maximum absolute atomic E-state index is 12.1. The zero-order valence-electron chi connectivity index (χ0n) is 13.2. The average Bonchev–Trinajstić information content (AvgIpc) is 3.08. The first kappa shape index (κ1) is 16.3. The summed E-state index contributed by atoms with van der Waals surface area (Å²) >= 11 is 0. The summed E-state index contributed by atoms with van der Waals surface area (Å²) in [4.78, 5) is 24.0. The number of nitrogens with zero attached hydrogens (tertiary/aromatic N) is 1. The van der Waals surface area contributed by atoms with Gasteiger partial charge in [0.05, 0.1) is 18.1 Å². The van der Waals surface area contributed by atoms with Crippen molar-refractivity contribution in [2.45, 2.75) is 6.42 Å². The van der Waals surface area contributed by atoms with Crippen LogP contribution in [0.5, 0.6) is 11.5 Å². The Hall–Kier alpha value is -3.53. The maximum Gasteiger partial charge on any atom is 0.338 e. The van der Waals surface area contributed by atoms with Crippen LogP contribution in [-0.4, -0.2) is 25.3 Å². The van der Waals surface area contributed by atoms with E-state index >= 15 is 0 Å².